The second kappa shape index (κ2) is 6.60. The summed E-state index contributed by atoms with van der Waals surface area (Å²) in [5, 5.41) is 12.6. The second-order valence-electron chi connectivity index (χ2n) is 6.54. The lowest BCUT2D eigenvalue weighted by molar-refractivity contribution is 0.134. The van der Waals surface area contributed by atoms with Gasteiger partial charge in [-0.05, 0) is 56.3 Å². The topological polar surface area (TPSA) is 39.1 Å². The van der Waals surface area contributed by atoms with E-state index in [0.717, 1.165) is 30.2 Å². The molecule has 2 aliphatic rings. The fourth-order valence-electron chi connectivity index (χ4n) is 3.92. The van der Waals surface area contributed by atoms with Crippen molar-refractivity contribution in [1.29, 1.82) is 5.26 Å². The third kappa shape index (κ3) is 3.45. The molecule has 2 bridgehead atoms. The SMILES string of the molecule is CCCN(Cc1ccc(C#N)cc1)C1CC2CCC(C1)N2. The zero-order valence-electron chi connectivity index (χ0n) is 12.9. The van der Waals surface area contributed by atoms with Gasteiger partial charge in [-0.25, -0.2) is 0 Å². The minimum Gasteiger partial charge on any atom is -0.311 e. The highest BCUT2D eigenvalue weighted by Gasteiger charge is 2.35. The maximum Gasteiger partial charge on any atom is 0.0991 e. The molecule has 21 heavy (non-hydrogen) atoms. The minimum atomic E-state index is 0.722. The van der Waals surface area contributed by atoms with Crippen LogP contribution < -0.4 is 5.32 Å². The van der Waals surface area contributed by atoms with Gasteiger partial charge in [-0.1, -0.05) is 19.1 Å². The van der Waals surface area contributed by atoms with Crippen LogP contribution in [0.15, 0.2) is 24.3 Å². The number of rotatable bonds is 5. The van der Waals surface area contributed by atoms with E-state index in [-0.39, 0.29) is 0 Å². The Hall–Kier alpha value is -1.37. The number of piperidine rings is 1. The quantitative estimate of drug-likeness (QED) is 0.902. The molecule has 1 aromatic carbocycles. The van der Waals surface area contributed by atoms with Gasteiger partial charge in [0.05, 0.1) is 11.6 Å². The van der Waals surface area contributed by atoms with E-state index in [2.05, 4.69) is 35.3 Å². The third-order valence-electron chi connectivity index (χ3n) is 4.94. The molecule has 0 radical (unpaired) electrons. The summed E-state index contributed by atoms with van der Waals surface area (Å²) in [6, 6.07) is 12.5. The minimum absolute atomic E-state index is 0.722. The molecule has 0 spiro atoms. The van der Waals surface area contributed by atoms with Gasteiger partial charge in [-0.2, -0.15) is 5.26 Å². The zero-order chi connectivity index (χ0) is 14.7. The third-order valence-corrected chi connectivity index (χ3v) is 4.94. The number of hydrogen-bond acceptors (Lipinski definition) is 3. The van der Waals surface area contributed by atoms with Crippen LogP contribution in [0.4, 0.5) is 0 Å². The lowest BCUT2D eigenvalue weighted by Crippen LogP contribution is -2.48. The highest BCUT2D eigenvalue weighted by Crippen LogP contribution is 2.30. The molecule has 2 heterocycles. The monoisotopic (exact) mass is 283 g/mol. The fraction of sp³-hybridized carbons (Fsp3) is 0.611. The van der Waals surface area contributed by atoms with E-state index in [1.54, 1.807) is 0 Å². The molecule has 0 amide bonds. The molecule has 0 saturated carbocycles. The van der Waals surface area contributed by atoms with Crippen molar-refractivity contribution in [1.82, 2.24) is 10.2 Å². The molecule has 2 unspecified atom stereocenters. The molecule has 2 aliphatic heterocycles. The molecular weight excluding hydrogens is 258 g/mol. The van der Waals surface area contributed by atoms with Crippen LogP contribution in [-0.2, 0) is 6.54 Å². The van der Waals surface area contributed by atoms with Gasteiger partial charge in [-0.3, -0.25) is 4.90 Å². The predicted octanol–water partition coefficient (Wildman–Crippen LogP) is 3.05. The first-order valence-corrected chi connectivity index (χ1v) is 8.27. The van der Waals surface area contributed by atoms with E-state index < -0.39 is 0 Å². The van der Waals surface area contributed by atoms with Gasteiger partial charge in [0, 0.05) is 24.7 Å². The number of nitriles is 1. The summed E-state index contributed by atoms with van der Waals surface area (Å²) in [5.74, 6) is 0. The Labute approximate surface area is 128 Å². The van der Waals surface area contributed by atoms with Crippen molar-refractivity contribution < 1.29 is 0 Å². The number of nitrogens with zero attached hydrogens (tertiary/aromatic N) is 2. The Kier molecular flexibility index (Phi) is 4.57. The second-order valence-corrected chi connectivity index (χ2v) is 6.54. The van der Waals surface area contributed by atoms with Gasteiger partial charge < -0.3 is 5.32 Å². The van der Waals surface area contributed by atoms with Crippen LogP contribution >= 0.6 is 0 Å². The van der Waals surface area contributed by atoms with Gasteiger partial charge in [0.25, 0.3) is 0 Å². The Morgan fingerprint density at radius 3 is 2.43 bits per heavy atom. The van der Waals surface area contributed by atoms with Gasteiger partial charge in [0.2, 0.25) is 0 Å². The first-order chi connectivity index (χ1) is 10.3. The van der Waals surface area contributed by atoms with E-state index in [9.17, 15) is 0 Å². The first-order valence-electron chi connectivity index (χ1n) is 8.27. The molecule has 3 nitrogen and oxygen atoms in total. The average molecular weight is 283 g/mol. The van der Waals surface area contributed by atoms with Gasteiger partial charge >= 0.3 is 0 Å². The summed E-state index contributed by atoms with van der Waals surface area (Å²) in [6.45, 7) is 4.45. The van der Waals surface area contributed by atoms with Crippen molar-refractivity contribution in [3.05, 3.63) is 35.4 Å². The molecule has 1 aromatic rings. The zero-order valence-corrected chi connectivity index (χ0v) is 12.9. The average Bonchev–Trinajstić information content (AvgIpc) is 2.86. The molecule has 3 rings (SSSR count). The molecule has 2 saturated heterocycles. The number of benzene rings is 1. The van der Waals surface area contributed by atoms with Crippen LogP contribution in [-0.4, -0.2) is 29.6 Å². The van der Waals surface area contributed by atoms with Crippen molar-refractivity contribution in [3.8, 4) is 6.07 Å². The largest absolute Gasteiger partial charge is 0.311 e. The Bertz CT molecular complexity index is 490. The predicted molar refractivity (Wildman–Crippen MR) is 84.8 cm³/mol. The Morgan fingerprint density at radius 1 is 1.19 bits per heavy atom. The summed E-state index contributed by atoms with van der Waals surface area (Å²) in [5.41, 5.74) is 2.08. The van der Waals surface area contributed by atoms with Crippen LogP contribution in [0, 0.1) is 11.3 Å². The van der Waals surface area contributed by atoms with E-state index in [0.29, 0.717) is 0 Å². The van der Waals surface area contributed by atoms with Crippen LogP contribution in [0.5, 0.6) is 0 Å². The molecule has 1 N–H and O–H groups in total. The van der Waals surface area contributed by atoms with E-state index >= 15 is 0 Å². The molecule has 112 valence electrons. The smallest absolute Gasteiger partial charge is 0.0991 e. The number of nitrogens with one attached hydrogen (secondary N) is 1. The highest BCUT2D eigenvalue weighted by molar-refractivity contribution is 5.31. The molecule has 2 fully saturated rings. The molecule has 2 atom stereocenters. The molecule has 3 heteroatoms. The maximum absolute atomic E-state index is 8.90. The van der Waals surface area contributed by atoms with Crippen LogP contribution in [0.25, 0.3) is 0 Å². The van der Waals surface area contributed by atoms with E-state index in [1.807, 2.05) is 12.1 Å². The summed E-state index contributed by atoms with van der Waals surface area (Å²) >= 11 is 0. The van der Waals surface area contributed by atoms with Crippen molar-refractivity contribution in [3.63, 3.8) is 0 Å². The Balaban J connectivity index is 1.67. The van der Waals surface area contributed by atoms with Crippen LogP contribution in [0.3, 0.4) is 0 Å². The molecule has 0 aromatic heterocycles. The summed E-state index contributed by atoms with van der Waals surface area (Å²) in [7, 11) is 0. The van der Waals surface area contributed by atoms with Crippen LogP contribution in [0.2, 0.25) is 0 Å². The normalized spacial score (nSPS) is 27.8. The summed E-state index contributed by atoms with van der Waals surface area (Å²) in [6.07, 6.45) is 6.52. The number of hydrogen-bond donors (Lipinski definition) is 1. The van der Waals surface area contributed by atoms with Crippen molar-refractivity contribution >= 4 is 0 Å². The molecule has 0 aliphatic carbocycles. The van der Waals surface area contributed by atoms with E-state index in [4.69, 9.17) is 5.26 Å². The summed E-state index contributed by atoms with van der Waals surface area (Å²) < 4.78 is 0. The standard InChI is InChI=1S/C18H25N3/c1-2-9-21(13-15-5-3-14(12-19)4-6-15)18-10-16-7-8-17(11-18)20-16/h3-6,16-18,20H,2,7-11,13H2,1H3. The first kappa shape index (κ1) is 14.6. The van der Waals surface area contributed by atoms with Crippen LogP contribution in [0.1, 0.15) is 50.2 Å². The van der Waals surface area contributed by atoms with Gasteiger partial charge in [-0.15, -0.1) is 0 Å². The highest BCUT2D eigenvalue weighted by atomic mass is 15.2. The maximum atomic E-state index is 8.90. The lowest BCUT2D eigenvalue weighted by Gasteiger charge is -2.38. The van der Waals surface area contributed by atoms with Gasteiger partial charge in [0.1, 0.15) is 0 Å². The Morgan fingerprint density at radius 2 is 1.86 bits per heavy atom. The van der Waals surface area contributed by atoms with Crippen molar-refractivity contribution in [2.75, 3.05) is 6.54 Å². The lowest BCUT2D eigenvalue weighted by atomic mass is 9.97. The molecular formula is C18H25N3. The summed E-state index contributed by atoms with van der Waals surface area (Å²) in [4.78, 5) is 2.66. The van der Waals surface area contributed by atoms with Crippen molar-refractivity contribution in [2.45, 2.75) is 63.7 Å². The number of fused-ring (bicyclic) bond motifs is 2. The van der Waals surface area contributed by atoms with Gasteiger partial charge in [0.15, 0.2) is 0 Å². The van der Waals surface area contributed by atoms with E-state index in [1.165, 1.54) is 44.2 Å². The fourth-order valence-corrected chi connectivity index (χ4v) is 3.92. The van der Waals surface area contributed by atoms with Crippen molar-refractivity contribution in [2.24, 2.45) is 0 Å².